The molecule has 1 saturated heterocycles. The van der Waals surface area contributed by atoms with Crippen molar-refractivity contribution in [2.75, 3.05) is 19.6 Å². The lowest BCUT2D eigenvalue weighted by molar-refractivity contribution is 0.0786. The smallest absolute Gasteiger partial charge is 0.274 e. The maximum Gasteiger partial charge on any atom is 0.274 e. The molecule has 7 heteroatoms. The van der Waals surface area contributed by atoms with Crippen LogP contribution in [0.25, 0.3) is 0 Å². The molecule has 26 heavy (non-hydrogen) atoms. The third-order valence-electron chi connectivity index (χ3n) is 5.74. The molecule has 2 aromatic heterocycles. The molecule has 0 spiro atoms. The predicted molar refractivity (Wildman–Crippen MR) is 100 cm³/mol. The lowest BCUT2D eigenvalue weighted by Crippen LogP contribution is -2.33. The van der Waals surface area contributed by atoms with Crippen molar-refractivity contribution < 1.29 is 4.79 Å². The van der Waals surface area contributed by atoms with Gasteiger partial charge in [-0.3, -0.25) is 14.4 Å². The molecule has 0 saturated carbocycles. The first-order valence-corrected chi connectivity index (χ1v) is 10.6. The molecule has 1 aliphatic carbocycles. The van der Waals surface area contributed by atoms with E-state index < -0.39 is 0 Å². The van der Waals surface area contributed by atoms with Crippen LogP contribution in [0, 0.1) is 0 Å². The summed E-state index contributed by atoms with van der Waals surface area (Å²) in [5.74, 6) is 0.101. The Hall–Kier alpha value is -1.73. The number of thiazole rings is 1. The number of fused-ring (bicyclic) bond motifs is 2. The molecule has 6 nitrogen and oxygen atoms in total. The summed E-state index contributed by atoms with van der Waals surface area (Å²) in [4.78, 5) is 23.3. The van der Waals surface area contributed by atoms with E-state index in [1.165, 1.54) is 34.8 Å². The van der Waals surface area contributed by atoms with Crippen molar-refractivity contribution in [1.29, 1.82) is 0 Å². The van der Waals surface area contributed by atoms with Crippen LogP contribution in [-0.4, -0.2) is 50.1 Å². The van der Waals surface area contributed by atoms with Crippen LogP contribution in [0.3, 0.4) is 0 Å². The van der Waals surface area contributed by atoms with E-state index in [2.05, 4.69) is 10.00 Å². The number of amides is 1. The highest BCUT2D eigenvalue weighted by Crippen LogP contribution is 2.28. The van der Waals surface area contributed by atoms with E-state index in [9.17, 15) is 4.79 Å². The van der Waals surface area contributed by atoms with E-state index in [-0.39, 0.29) is 5.91 Å². The number of hydrogen-bond donors (Lipinski definition) is 0. The second-order valence-electron chi connectivity index (χ2n) is 7.64. The predicted octanol–water partition coefficient (Wildman–Crippen LogP) is 2.47. The van der Waals surface area contributed by atoms with Gasteiger partial charge in [0.2, 0.25) is 0 Å². The Morgan fingerprint density at radius 1 is 1.08 bits per heavy atom. The Kier molecular flexibility index (Phi) is 4.29. The molecular weight excluding hydrogens is 346 g/mol. The summed E-state index contributed by atoms with van der Waals surface area (Å²) in [6.07, 6.45) is 7.19. The first kappa shape index (κ1) is 16.4. The van der Waals surface area contributed by atoms with Crippen molar-refractivity contribution in [3.8, 4) is 0 Å². The number of aromatic nitrogens is 3. The molecule has 138 valence electrons. The van der Waals surface area contributed by atoms with Crippen molar-refractivity contribution in [3.63, 3.8) is 0 Å². The maximum absolute atomic E-state index is 12.6. The normalized spacial score (nSPS) is 20.2. The van der Waals surface area contributed by atoms with Crippen molar-refractivity contribution in [3.05, 3.63) is 33.0 Å². The lowest BCUT2D eigenvalue weighted by atomic mass is 10.0. The van der Waals surface area contributed by atoms with Crippen LogP contribution in [0.2, 0.25) is 0 Å². The van der Waals surface area contributed by atoms with E-state index in [1.54, 1.807) is 0 Å². The Morgan fingerprint density at radius 2 is 1.92 bits per heavy atom. The molecule has 4 heterocycles. The summed E-state index contributed by atoms with van der Waals surface area (Å²) in [6, 6.07) is 2.00. The Balaban J connectivity index is 1.27. The second kappa shape index (κ2) is 6.78. The fraction of sp³-hybridized carbons (Fsp3) is 0.632. The van der Waals surface area contributed by atoms with Gasteiger partial charge in [0.1, 0.15) is 5.01 Å². The van der Waals surface area contributed by atoms with E-state index in [4.69, 9.17) is 4.98 Å². The molecule has 0 aromatic carbocycles. The van der Waals surface area contributed by atoms with Crippen LogP contribution < -0.4 is 0 Å². The van der Waals surface area contributed by atoms with E-state index in [0.29, 0.717) is 5.69 Å². The molecule has 0 radical (unpaired) electrons. The van der Waals surface area contributed by atoms with Gasteiger partial charge >= 0.3 is 0 Å². The molecule has 3 aliphatic rings. The molecule has 0 atom stereocenters. The number of carbonyl (C=O) groups is 1. The van der Waals surface area contributed by atoms with Gasteiger partial charge in [0.05, 0.1) is 24.5 Å². The fourth-order valence-corrected chi connectivity index (χ4v) is 5.51. The first-order chi connectivity index (χ1) is 12.8. The molecule has 1 fully saturated rings. The third-order valence-corrected chi connectivity index (χ3v) is 6.88. The highest BCUT2D eigenvalue weighted by atomic mass is 32.1. The van der Waals surface area contributed by atoms with Crippen LogP contribution in [0.1, 0.15) is 57.4 Å². The number of aryl methyl sites for hydroxylation is 2. The lowest BCUT2D eigenvalue weighted by Gasteiger charge is -2.26. The SMILES string of the molecule is O=C(c1cc2n(n1)CCN(Cc1nc3c(s1)CCCC3)C2)N1CCCC1. The minimum absolute atomic E-state index is 0.101. The standard InChI is InChI=1S/C19H25N5OS/c25-19(23-7-3-4-8-23)16-11-14-12-22(9-10-24(14)21-16)13-18-20-15-5-1-2-6-17(15)26-18/h11H,1-10,12-13H2. The molecule has 2 aromatic rings. The average molecular weight is 372 g/mol. The van der Waals surface area contributed by atoms with Gasteiger partial charge < -0.3 is 4.90 Å². The molecule has 5 rings (SSSR count). The fourth-order valence-electron chi connectivity index (χ4n) is 4.31. The summed E-state index contributed by atoms with van der Waals surface area (Å²) in [5, 5.41) is 5.82. The summed E-state index contributed by atoms with van der Waals surface area (Å²) in [5.41, 5.74) is 3.12. The van der Waals surface area contributed by atoms with E-state index in [1.807, 2.05) is 27.0 Å². The number of hydrogen-bond acceptors (Lipinski definition) is 5. The minimum Gasteiger partial charge on any atom is -0.337 e. The summed E-state index contributed by atoms with van der Waals surface area (Å²) < 4.78 is 2.02. The van der Waals surface area contributed by atoms with Crippen molar-refractivity contribution in [2.45, 2.75) is 58.2 Å². The van der Waals surface area contributed by atoms with Crippen molar-refractivity contribution in [2.24, 2.45) is 0 Å². The van der Waals surface area contributed by atoms with Gasteiger partial charge in [-0.15, -0.1) is 11.3 Å². The molecule has 0 unspecified atom stereocenters. The number of rotatable bonds is 3. The van der Waals surface area contributed by atoms with Crippen LogP contribution in [0.15, 0.2) is 6.07 Å². The van der Waals surface area contributed by atoms with Crippen molar-refractivity contribution >= 4 is 17.2 Å². The Bertz CT molecular complexity index is 797. The van der Waals surface area contributed by atoms with Gasteiger partial charge in [0.25, 0.3) is 5.91 Å². The topological polar surface area (TPSA) is 54.3 Å². The number of nitrogens with zero attached hydrogens (tertiary/aromatic N) is 5. The second-order valence-corrected chi connectivity index (χ2v) is 8.81. The summed E-state index contributed by atoms with van der Waals surface area (Å²) in [7, 11) is 0. The van der Waals surface area contributed by atoms with Gasteiger partial charge in [-0.1, -0.05) is 0 Å². The zero-order chi connectivity index (χ0) is 17.5. The first-order valence-electron chi connectivity index (χ1n) is 9.82. The average Bonchev–Trinajstić information content (AvgIpc) is 3.39. The third kappa shape index (κ3) is 3.07. The molecule has 2 aliphatic heterocycles. The molecule has 0 bridgehead atoms. The molecule has 0 N–H and O–H groups in total. The van der Waals surface area contributed by atoms with Gasteiger partial charge in [0, 0.05) is 31.1 Å². The Morgan fingerprint density at radius 3 is 2.77 bits per heavy atom. The highest BCUT2D eigenvalue weighted by molar-refractivity contribution is 7.11. The van der Waals surface area contributed by atoms with Gasteiger partial charge in [-0.2, -0.15) is 5.10 Å². The summed E-state index contributed by atoms with van der Waals surface area (Å²) >= 11 is 1.90. The van der Waals surface area contributed by atoms with Crippen LogP contribution in [0.4, 0.5) is 0 Å². The van der Waals surface area contributed by atoms with Crippen molar-refractivity contribution in [1.82, 2.24) is 24.6 Å². The van der Waals surface area contributed by atoms with E-state index in [0.717, 1.165) is 64.2 Å². The quantitative estimate of drug-likeness (QED) is 0.832. The zero-order valence-electron chi connectivity index (χ0n) is 15.1. The minimum atomic E-state index is 0.101. The van der Waals surface area contributed by atoms with Gasteiger partial charge in [0.15, 0.2) is 5.69 Å². The van der Waals surface area contributed by atoms with Gasteiger partial charge in [-0.05, 0) is 44.6 Å². The van der Waals surface area contributed by atoms with Crippen LogP contribution in [-0.2, 0) is 32.5 Å². The van der Waals surface area contributed by atoms with E-state index >= 15 is 0 Å². The largest absolute Gasteiger partial charge is 0.337 e. The maximum atomic E-state index is 12.6. The zero-order valence-corrected chi connectivity index (χ0v) is 15.9. The highest BCUT2D eigenvalue weighted by Gasteiger charge is 2.26. The number of carbonyl (C=O) groups excluding carboxylic acids is 1. The molecular formula is C19H25N5OS. The number of likely N-dealkylation sites (tertiary alicyclic amines) is 1. The summed E-state index contributed by atoms with van der Waals surface area (Å²) in [6.45, 7) is 5.34. The molecule has 1 amide bonds. The Labute approximate surface area is 157 Å². The van der Waals surface area contributed by atoms with Gasteiger partial charge in [-0.25, -0.2) is 4.98 Å². The monoisotopic (exact) mass is 371 g/mol. The van der Waals surface area contributed by atoms with Crippen LogP contribution in [0.5, 0.6) is 0 Å². The van der Waals surface area contributed by atoms with Crippen LogP contribution >= 0.6 is 11.3 Å².